The lowest BCUT2D eigenvalue weighted by Crippen LogP contribution is -2.31. The molecule has 7 heteroatoms. The lowest BCUT2D eigenvalue weighted by molar-refractivity contribution is 0.0746. The number of para-hydroxylation sites is 1. The molecule has 0 aliphatic carbocycles. The number of carbonyl (C=O) groups excluding carboxylic acids is 1. The van der Waals surface area contributed by atoms with Crippen molar-refractivity contribution in [1.29, 1.82) is 0 Å². The van der Waals surface area contributed by atoms with Gasteiger partial charge in [-0.1, -0.05) is 43.3 Å². The molecule has 184 valence electrons. The molecule has 1 aliphatic rings. The molecular formula is C29H29N3O4. The molecule has 0 saturated carbocycles. The van der Waals surface area contributed by atoms with Crippen LogP contribution in [0.3, 0.4) is 0 Å². The van der Waals surface area contributed by atoms with E-state index in [4.69, 9.17) is 9.47 Å². The number of phenolic OH excluding ortho intramolecular Hbond substituents is 1. The monoisotopic (exact) mass is 483 g/mol. The van der Waals surface area contributed by atoms with Gasteiger partial charge in [-0.3, -0.25) is 9.89 Å². The van der Waals surface area contributed by atoms with Crippen molar-refractivity contribution in [3.8, 4) is 28.5 Å². The number of benzene rings is 3. The summed E-state index contributed by atoms with van der Waals surface area (Å²) in [6, 6.07) is 22.5. The Morgan fingerprint density at radius 1 is 1.00 bits per heavy atom. The molecule has 0 bridgehead atoms. The smallest absolute Gasteiger partial charge is 0.273 e. The van der Waals surface area contributed by atoms with Crippen molar-refractivity contribution >= 4 is 5.91 Å². The second kappa shape index (κ2) is 10.2. The first-order valence-corrected chi connectivity index (χ1v) is 12.1. The molecule has 3 aromatic carbocycles. The molecule has 0 spiro atoms. The number of nitrogens with zero attached hydrogens (tertiary/aromatic N) is 2. The molecular weight excluding hydrogens is 454 g/mol. The van der Waals surface area contributed by atoms with Crippen LogP contribution in [0.5, 0.6) is 17.2 Å². The summed E-state index contributed by atoms with van der Waals surface area (Å²) in [5, 5.41) is 17.9. The molecule has 1 unspecified atom stereocenters. The van der Waals surface area contributed by atoms with Crippen LogP contribution in [0.25, 0.3) is 11.3 Å². The normalized spacial score (nSPS) is 14.7. The number of amides is 1. The van der Waals surface area contributed by atoms with Gasteiger partial charge in [0, 0.05) is 17.7 Å². The predicted octanol–water partition coefficient (Wildman–Crippen LogP) is 5.37. The highest BCUT2D eigenvalue weighted by Gasteiger charge is 2.42. The first-order valence-electron chi connectivity index (χ1n) is 12.1. The van der Waals surface area contributed by atoms with Crippen molar-refractivity contribution in [3.63, 3.8) is 0 Å². The maximum absolute atomic E-state index is 13.6. The number of hydrogen-bond acceptors (Lipinski definition) is 5. The molecule has 2 heterocycles. The Bertz CT molecular complexity index is 1350. The van der Waals surface area contributed by atoms with Crippen molar-refractivity contribution in [1.82, 2.24) is 15.1 Å². The lowest BCUT2D eigenvalue weighted by atomic mass is 9.95. The minimum atomic E-state index is -0.348. The van der Waals surface area contributed by atoms with Crippen LogP contribution in [-0.4, -0.2) is 46.4 Å². The van der Waals surface area contributed by atoms with Gasteiger partial charge in [0.25, 0.3) is 5.91 Å². The van der Waals surface area contributed by atoms with Crippen LogP contribution in [0.1, 0.15) is 46.6 Å². The fourth-order valence-electron chi connectivity index (χ4n) is 4.66. The van der Waals surface area contributed by atoms with Crippen LogP contribution in [0, 0.1) is 0 Å². The SMILES string of the molecule is CCCOc1ccc(C2c3c(-c4ccccc4O)n[nH]c3C(=O)N2CCc2ccc(OC)cc2)cc1. The Morgan fingerprint density at radius 3 is 2.42 bits per heavy atom. The van der Waals surface area contributed by atoms with Gasteiger partial charge in [-0.05, 0) is 60.4 Å². The largest absolute Gasteiger partial charge is 0.507 e. The fourth-order valence-corrected chi connectivity index (χ4v) is 4.66. The van der Waals surface area contributed by atoms with Gasteiger partial charge in [0.05, 0.1) is 19.8 Å². The summed E-state index contributed by atoms with van der Waals surface area (Å²) in [5.74, 6) is 1.61. The Kier molecular flexibility index (Phi) is 6.62. The minimum absolute atomic E-state index is 0.107. The van der Waals surface area contributed by atoms with E-state index in [-0.39, 0.29) is 17.7 Å². The molecule has 1 aromatic heterocycles. The highest BCUT2D eigenvalue weighted by molar-refractivity contribution is 6.00. The Morgan fingerprint density at radius 2 is 1.72 bits per heavy atom. The minimum Gasteiger partial charge on any atom is -0.507 e. The van der Waals surface area contributed by atoms with E-state index in [1.165, 1.54) is 0 Å². The number of ether oxygens (including phenoxy) is 2. The fraction of sp³-hybridized carbons (Fsp3) is 0.241. The third-order valence-electron chi connectivity index (χ3n) is 6.49. The molecule has 4 aromatic rings. The number of rotatable bonds is 9. The highest BCUT2D eigenvalue weighted by Crippen LogP contribution is 2.44. The molecule has 2 N–H and O–H groups in total. The number of aromatic nitrogens is 2. The molecule has 1 amide bonds. The lowest BCUT2D eigenvalue weighted by Gasteiger charge is -2.26. The number of carbonyl (C=O) groups is 1. The molecule has 5 rings (SSSR count). The van der Waals surface area contributed by atoms with E-state index < -0.39 is 0 Å². The van der Waals surface area contributed by atoms with Crippen LogP contribution >= 0.6 is 0 Å². The Labute approximate surface area is 210 Å². The zero-order valence-corrected chi connectivity index (χ0v) is 20.4. The average molecular weight is 484 g/mol. The summed E-state index contributed by atoms with van der Waals surface area (Å²) in [4.78, 5) is 15.5. The molecule has 0 fully saturated rings. The van der Waals surface area contributed by atoms with Crippen molar-refractivity contribution < 1.29 is 19.4 Å². The van der Waals surface area contributed by atoms with Gasteiger partial charge in [0.1, 0.15) is 28.6 Å². The van der Waals surface area contributed by atoms with Gasteiger partial charge in [-0.25, -0.2) is 0 Å². The van der Waals surface area contributed by atoms with Gasteiger partial charge < -0.3 is 19.5 Å². The van der Waals surface area contributed by atoms with Crippen LogP contribution in [0.4, 0.5) is 0 Å². The first kappa shape index (κ1) is 23.5. The van der Waals surface area contributed by atoms with Crippen LogP contribution < -0.4 is 9.47 Å². The van der Waals surface area contributed by atoms with Crippen molar-refractivity contribution in [2.45, 2.75) is 25.8 Å². The van der Waals surface area contributed by atoms with Gasteiger partial charge in [0.2, 0.25) is 0 Å². The van der Waals surface area contributed by atoms with Gasteiger partial charge >= 0.3 is 0 Å². The molecule has 7 nitrogen and oxygen atoms in total. The third kappa shape index (κ3) is 4.40. The van der Waals surface area contributed by atoms with Crippen molar-refractivity contribution in [2.24, 2.45) is 0 Å². The summed E-state index contributed by atoms with van der Waals surface area (Å²) in [6.07, 6.45) is 1.62. The number of phenols is 1. The molecule has 0 radical (unpaired) electrons. The quantitative estimate of drug-likeness (QED) is 0.334. The number of methoxy groups -OCH3 is 1. The number of H-pyrrole nitrogens is 1. The second-order valence-electron chi connectivity index (χ2n) is 8.79. The van der Waals surface area contributed by atoms with E-state index in [1.807, 2.05) is 65.6 Å². The van der Waals surface area contributed by atoms with Gasteiger partial charge in [-0.2, -0.15) is 5.10 Å². The summed E-state index contributed by atoms with van der Waals surface area (Å²) >= 11 is 0. The number of nitrogens with one attached hydrogen (secondary N) is 1. The van der Waals surface area contributed by atoms with E-state index in [2.05, 4.69) is 17.1 Å². The maximum Gasteiger partial charge on any atom is 0.273 e. The molecule has 0 saturated heterocycles. The topological polar surface area (TPSA) is 87.7 Å². The Hall–Kier alpha value is -4.26. The summed E-state index contributed by atoms with van der Waals surface area (Å²) in [5.41, 5.74) is 4.48. The summed E-state index contributed by atoms with van der Waals surface area (Å²) in [6.45, 7) is 3.24. The van der Waals surface area contributed by atoms with E-state index >= 15 is 0 Å². The summed E-state index contributed by atoms with van der Waals surface area (Å²) in [7, 11) is 1.64. The number of fused-ring (bicyclic) bond motifs is 1. The van der Waals surface area contributed by atoms with Crippen molar-refractivity contribution in [3.05, 3.63) is 95.2 Å². The molecule has 1 aliphatic heterocycles. The van der Waals surface area contributed by atoms with E-state index in [0.29, 0.717) is 36.5 Å². The van der Waals surface area contributed by atoms with E-state index in [9.17, 15) is 9.90 Å². The average Bonchev–Trinajstić information content (AvgIpc) is 3.46. The van der Waals surface area contributed by atoms with Crippen LogP contribution in [0.2, 0.25) is 0 Å². The second-order valence-corrected chi connectivity index (χ2v) is 8.79. The molecule has 36 heavy (non-hydrogen) atoms. The zero-order chi connectivity index (χ0) is 25.1. The highest BCUT2D eigenvalue weighted by atomic mass is 16.5. The zero-order valence-electron chi connectivity index (χ0n) is 20.4. The van der Waals surface area contributed by atoms with Crippen LogP contribution in [-0.2, 0) is 6.42 Å². The first-order chi connectivity index (χ1) is 17.6. The Balaban J connectivity index is 1.52. The maximum atomic E-state index is 13.6. The van der Waals surface area contributed by atoms with E-state index in [1.54, 1.807) is 19.2 Å². The predicted molar refractivity (Wildman–Crippen MR) is 137 cm³/mol. The van der Waals surface area contributed by atoms with Crippen molar-refractivity contribution in [2.75, 3.05) is 20.3 Å². The standard InChI is InChI=1S/C29H29N3O4/c1-3-18-36-22-14-10-20(11-15-22)28-25-26(23-6-4-5-7-24(23)33)30-31-27(25)29(34)32(28)17-16-19-8-12-21(35-2)13-9-19/h4-15,28,33H,3,16-18H2,1-2H3,(H,30,31). The number of aromatic hydroxyl groups is 1. The van der Waals surface area contributed by atoms with Gasteiger partial charge in [0.15, 0.2) is 0 Å². The number of hydrogen-bond donors (Lipinski definition) is 2. The number of aromatic amines is 1. The third-order valence-corrected chi connectivity index (χ3v) is 6.49. The van der Waals surface area contributed by atoms with Crippen LogP contribution in [0.15, 0.2) is 72.8 Å². The summed E-state index contributed by atoms with van der Waals surface area (Å²) < 4.78 is 11.0. The van der Waals surface area contributed by atoms with Gasteiger partial charge in [-0.15, -0.1) is 0 Å². The van der Waals surface area contributed by atoms with E-state index in [0.717, 1.165) is 34.6 Å². The molecule has 1 atom stereocenters.